The Morgan fingerprint density at radius 1 is 0.900 bits per heavy atom. The maximum atomic E-state index is 5.58. The number of benzene rings is 2. The van der Waals surface area contributed by atoms with Crippen molar-refractivity contribution in [2.45, 2.75) is 13.1 Å². The van der Waals surface area contributed by atoms with Gasteiger partial charge < -0.3 is 11.1 Å². The van der Waals surface area contributed by atoms with Gasteiger partial charge in [0.15, 0.2) is 0 Å². The van der Waals surface area contributed by atoms with Crippen molar-refractivity contribution in [3.05, 3.63) is 65.9 Å². The van der Waals surface area contributed by atoms with Crippen molar-refractivity contribution in [2.24, 2.45) is 5.73 Å². The molecule has 0 saturated carbocycles. The van der Waals surface area contributed by atoms with Crippen LogP contribution >= 0.6 is 0 Å². The minimum Gasteiger partial charge on any atom is -0.365 e. The number of anilines is 1. The molecule has 0 amide bonds. The number of nitrogens with zero attached hydrogens (tertiary/aromatic N) is 2. The first kappa shape index (κ1) is 12.6. The number of hydrogen-bond acceptors (Lipinski definition) is 4. The highest BCUT2D eigenvalue weighted by Gasteiger charge is 1.99. The summed E-state index contributed by atoms with van der Waals surface area (Å²) in [6.45, 7) is 1.29. The molecule has 3 rings (SSSR count). The van der Waals surface area contributed by atoms with E-state index in [1.807, 2.05) is 36.4 Å². The molecule has 0 aliphatic rings. The van der Waals surface area contributed by atoms with Gasteiger partial charge in [0.05, 0.1) is 17.2 Å². The van der Waals surface area contributed by atoms with E-state index in [1.165, 1.54) is 5.56 Å². The van der Waals surface area contributed by atoms with Crippen LogP contribution in [-0.2, 0) is 13.1 Å². The Morgan fingerprint density at radius 3 is 2.35 bits per heavy atom. The van der Waals surface area contributed by atoms with Gasteiger partial charge in [-0.2, -0.15) is 0 Å². The summed E-state index contributed by atoms with van der Waals surface area (Å²) >= 11 is 0. The van der Waals surface area contributed by atoms with E-state index in [0.29, 0.717) is 6.54 Å². The van der Waals surface area contributed by atoms with Gasteiger partial charge in [-0.25, -0.2) is 4.98 Å². The van der Waals surface area contributed by atoms with E-state index in [0.717, 1.165) is 29.0 Å². The predicted molar refractivity (Wildman–Crippen MR) is 81.2 cm³/mol. The molecular formula is C16H16N4. The van der Waals surface area contributed by atoms with Crippen molar-refractivity contribution >= 4 is 16.9 Å². The smallest absolute Gasteiger partial charge is 0.145 e. The van der Waals surface area contributed by atoms with E-state index in [9.17, 15) is 0 Å². The summed E-state index contributed by atoms with van der Waals surface area (Å²) in [7, 11) is 0. The second-order valence-corrected chi connectivity index (χ2v) is 4.62. The SMILES string of the molecule is NCc1ccc(CNc2cnc3ccccc3n2)cc1. The lowest BCUT2D eigenvalue weighted by Gasteiger charge is -2.07. The number of para-hydroxylation sites is 2. The lowest BCUT2D eigenvalue weighted by Crippen LogP contribution is -2.03. The molecule has 0 aliphatic heterocycles. The second-order valence-electron chi connectivity index (χ2n) is 4.62. The molecule has 1 heterocycles. The standard InChI is InChI=1S/C16H16N4/c17-9-12-5-7-13(8-6-12)10-19-16-11-18-14-3-1-2-4-15(14)20-16/h1-8,11H,9-10,17H2,(H,19,20). The Kier molecular flexibility index (Phi) is 3.56. The Morgan fingerprint density at radius 2 is 1.60 bits per heavy atom. The monoisotopic (exact) mass is 264 g/mol. The summed E-state index contributed by atoms with van der Waals surface area (Å²) in [5, 5.41) is 3.29. The van der Waals surface area contributed by atoms with Gasteiger partial charge >= 0.3 is 0 Å². The first-order chi connectivity index (χ1) is 9.85. The van der Waals surface area contributed by atoms with Gasteiger partial charge in [-0.3, -0.25) is 4.98 Å². The zero-order chi connectivity index (χ0) is 13.8. The number of fused-ring (bicyclic) bond motifs is 1. The fourth-order valence-electron chi connectivity index (χ4n) is 2.03. The van der Waals surface area contributed by atoms with Crippen LogP contribution in [0.5, 0.6) is 0 Å². The lowest BCUT2D eigenvalue weighted by molar-refractivity contribution is 1.05. The zero-order valence-corrected chi connectivity index (χ0v) is 11.1. The molecule has 0 radical (unpaired) electrons. The van der Waals surface area contributed by atoms with Gasteiger partial charge in [-0.1, -0.05) is 36.4 Å². The molecule has 4 nitrogen and oxygen atoms in total. The number of hydrogen-bond donors (Lipinski definition) is 2. The molecular weight excluding hydrogens is 248 g/mol. The maximum Gasteiger partial charge on any atom is 0.145 e. The lowest BCUT2D eigenvalue weighted by atomic mass is 10.1. The predicted octanol–water partition coefficient (Wildman–Crippen LogP) is 2.70. The summed E-state index contributed by atoms with van der Waals surface area (Å²) in [5.41, 5.74) is 9.72. The minimum absolute atomic E-state index is 0.573. The van der Waals surface area contributed by atoms with Gasteiger partial charge in [-0.15, -0.1) is 0 Å². The zero-order valence-electron chi connectivity index (χ0n) is 11.1. The summed E-state index contributed by atoms with van der Waals surface area (Å²) < 4.78 is 0. The molecule has 20 heavy (non-hydrogen) atoms. The molecule has 4 heteroatoms. The molecule has 0 atom stereocenters. The first-order valence-corrected chi connectivity index (χ1v) is 6.59. The Hall–Kier alpha value is -2.46. The van der Waals surface area contributed by atoms with Crippen LogP contribution in [0.2, 0.25) is 0 Å². The molecule has 2 aromatic carbocycles. The van der Waals surface area contributed by atoms with Gasteiger partial charge in [-0.05, 0) is 23.3 Å². The topological polar surface area (TPSA) is 63.8 Å². The van der Waals surface area contributed by atoms with E-state index in [1.54, 1.807) is 6.20 Å². The third kappa shape index (κ3) is 2.75. The van der Waals surface area contributed by atoms with Crippen molar-refractivity contribution in [3.8, 4) is 0 Å². The third-order valence-corrected chi connectivity index (χ3v) is 3.18. The van der Waals surface area contributed by atoms with Crippen LogP contribution in [0.15, 0.2) is 54.7 Å². The maximum absolute atomic E-state index is 5.58. The first-order valence-electron chi connectivity index (χ1n) is 6.59. The fraction of sp³-hybridized carbons (Fsp3) is 0.125. The van der Waals surface area contributed by atoms with Gasteiger partial charge in [0.25, 0.3) is 0 Å². The third-order valence-electron chi connectivity index (χ3n) is 3.18. The molecule has 100 valence electrons. The molecule has 0 bridgehead atoms. The average molecular weight is 264 g/mol. The van der Waals surface area contributed by atoms with Crippen LogP contribution in [0.1, 0.15) is 11.1 Å². The molecule has 0 saturated heterocycles. The highest BCUT2D eigenvalue weighted by atomic mass is 15.0. The van der Waals surface area contributed by atoms with Crippen molar-refractivity contribution in [3.63, 3.8) is 0 Å². The van der Waals surface area contributed by atoms with Crippen molar-refractivity contribution in [2.75, 3.05) is 5.32 Å². The highest BCUT2D eigenvalue weighted by molar-refractivity contribution is 5.75. The van der Waals surface area contributed by atoms with E-state index in [2.05, 4.69) is 27.4 Å². The second kappa shape index (κ2) is 5.67. The number of aromatic nitrogens is 2. The summed E-state index contributed by atoms with van der Waals surface area (Å²) in [5.74, 6) is 0.784. The molecule has 0 aliphatic carbocycles. The molecule has 1 aromatic heterocycles. The van der Waals surface area contributed by atoms with Gasteiger partial charge in [0.1, 0.15) is 5.82 Å². The summed E-state index contributed by atoms with van der Waals surface area (Å²) in [6, 6.07) is 16.1. The van der Waals surface area contributed by atoms with Crippen molar-refractivity contribution in [1.82, 2.24) is 9.97 Å². The number of rotatable bonds is 4. The van der Waals surface area contributed by atoms with Crippen LogP contribution in [0, 0.1) is 0 Å². The molecule has 0 fully saturated rings. The minimum atomic E-state index is 0.573. The van der Waals surface area contributed by atoms with E-state index >= 15 is 0 Å². The average Bonchev–Trinajstić information content (AvgIpc) is 2.53. The van der Waals surface area contributed by atoms with Gasteiger partial charge in [0.2, 0.25) is 0 Å². The quantitative estimate of drug-likeness (QED) is 0.760. The van der Waals surface area contributed by atoms with Crippen LogP contribution in [-0.4, -0.2) is 9.97 Å². The van der Waals surface area contributed by atoms with E-state index in [4.69, 9.17) is 5.73 Å². The van der Waals surface area contributed by atoms with Crippen molar-refractivity contribution < 1.29 is 0 Å². The van der Waals surface area contributed by atoms with E-state index in [-0.39, 0.29) is 0 Å². The Balaban J connectivity index is 1.72. The largest absolute Gasteiger partial charge is 0.365 e. The highest BCUT2D eigenvalue weighted by Crippen LogP contribution is 2.12. The molecule has 0 unspecified atom stereocenters. The molecule has 3 N–H and O–H groups in total. The number of nitrogens with one attached hydrogen (secondary N) is 1. The number of nitrogens with two attached hydrogens (primary N) is 1. The summed E-state index contributed by atoms with van der Waals surface area (Å²) in [6.07, 6.45) is 1.76. The molecule has 3 aromatic rings. The van der Waals surface area contributed by atoms with Gasteiger partial charge in [0, 0.05) is 13.1 Å². The Labute approximate surface area is 117 Å². The van der Waals surface area contributed by atoms with E-state index < -0.39 is 0 Å². The normalized spacial score (nSPS) is 10.7. The van der Waals surface area contributed by atoms with Crippen molar-refractivity contribution in [1.29, 1.82) is 0 Å². The summed E-state index contributed by atoms with van der Waals surface area (Å²) in [4.78, 5) is 8.91. The Bertz CT molecular complexity index is 707. The van der Waals surface area contributed by atoms with Crippen LogP contribution in [0.3, 0.4) is 0 Å². The fourth-order valence-corrected chi connectivity index (χ4v) is 2.03. The van der Waals surface area contributed by atoms with Crippen LogP contribution in [0.25, 0.3) is 11.0 Å². The van der Waals surface area contributed by atoms with Crippen LogP contribution in [0.4, 0.5) is 5.82 Å². The van der Waals surface area contributed by atoms with Crippen LogP contribution < -0.4 is 11.1 Å². The molecule has 0 spiro atoms.